The summed E-state index contributed by atoms with van der Waals surface area (Å²) in [7, 11) is 0. The third-order valence-electron chi connectivity index (χ3n) is 4.02. The highest BCUT2D eigenvalue weighted by atomic mass is 127. The summed E-state index contributed by atoms with van der Waals surface area (Å²) in [4.78, 5) is 9.43. The van der Waals surface area contributed by atoms with Crippen LogP contribution in [0.25, 0.3) is 5.70 Å². The molecule has 0 aliphatic carbocycles. The van der Waals surface area contributed by atoms with Crippen molar-refractivity contribution in [3.8, 4) is 0 Å². The van der Waals surface area contributed by atoms with Crippen molar-refractivity contribution in [2.75, 3.05) is 0 Å². The standard InChI is InChI=1S/C21H16IN3/c22-17-10-6-9-16(13-17)19-14-20(18-11-4-5-12-23-18)25-21(24-19)15-7-2-1-3-8-15/h1-14,21,25H. The molecule has 25 heavy (non-hydrogen) atoms. The number of aromatic nitrogens is 1. The van der Waals surface area contributed by atoms with Gasteiger partial charge in [-0.2, -0.15) is 0 Å². The van der Waals surface area contributed by atoms with Gasteiger partial charge < -0.3 is 5.32 Å². The SMILES string of the molecule is Ic1cccc(C2=NC(c3ccccc3)NC(c3ccccn3)=C2)c1. The molecule has 2 heterocycles. The first-order valence-corrected chi connectivity index (χ1v) is 9.16. The summed E-state index contributed by atoms with van der Waals surface area (Å²) in [6.45, 7) is 0. The predicted octanol–water partition coefficient (Wildman–Crippen LogP) is 4.82. The third-order valence-corrected chi connectivity index (χ3v) is 4.69. The van der Waals surface area contributed by atoms with E-state index >= 15 is 0 Å². The highest BCUT2D eigenvalue weighted by Crippen LogP contribution is 2.25. The van der Waals surface area contributed by atoms with Crippen molar-refractivity contribution in [3.63, 3.8) is 0 Å². The number of aliphatic imine (C=N–C) groups is 1. The second-order valence-corrected chi connectivity index (χ2v) is 7.00. The second-order valence-electron chi connectivity index (χ2n) is 5.76. The minimum absolute atomic E-state index is 0.129. The first-order valence-electron chi connectivity index (χ1n) is 8.08. The fraction of sp³-hybridized carbons (Fsp3) is 0.0476. The molecule has 3 aromatic rings. The summed E-state index contributed by atoms with van der Waals surface area (Å²) in [5.41, 5.74) is 5.11. The van der Waals surface area contributed by atoms with Crippen molar-refractivity contribution in [2.24, 2.45) is 4.99 Å². The molecule has 4 heteroatoms. The van der Waals surface area contributed by atoms with Crippen molar-refractivity contribution >= 4 is 34.0 Å². The minimum atomic E-state index is -0.129. The molecule has 0 bridgehead atoms. The molecule has 0 amide bonds. The lowest BCUT2D eigenvalue weighted by atomic mass is 10.0. The molecule has 1 atom stereocenters. The van der Waals surface area contributed by atoms with Crippen LogP contribution < -0.4 is 5.32 Å². The van der Waals surface area contributed by atoms with Crippen LogP contribution in [0.3, 0.4) is 0 Å². The van der Waals surface area contributed by atoms with Crippen molar-refractivity contribution in [2.45, 2.75) is 6.17 Å². The van der Waals surface area contributed by atoms with Crippen LogP contribution in [0, 0.1) is 3.57 Å². The van der Waals surface area contributed by atoms with Crippen LogP contribution in [0.2, 0.25) is 0 Å². The highest BCUT2D eigenvalue weighted by molar-refractivity contribution is 14.1. The number of nitrogens with one attached hydrogen (secondary N) is 1. The van der Waals surface area contributed by atoms with E-state index < -0.39 is 0 Å². The number of nitrogens with zero attached hydrogens (tertiary/aromatic N) is 2. The van der Waals surface area contributed by atoms with E-state index in [1.807, 2.05) is 42.6 Å². The topological polar surface area (TPSA) is 37.3 Å². The molecule has 1 unspecified atom stereocenters. The van der Waals surface area contributed by atoms with Gasteiger partial charge in [0.1, 0.15) is 6.17 Å². The van der Waals surface area contributed by atoms with E-state index in [1.54, 1.807) is 0 Å². The monoisotopic (exact) mass is 437 g/mol. The predicted molar refractivity (Wildman–Crippen MR) is 110 cm³/mol. The van der Waals surface area contributed by atoms with Gasteiger partial charge in [-0.3, -0.25) is 9.98 Å². The molecule has 0 saturated carbocycles. The van der Waals surface area contributed by atoms with E-state index in [0.29, 0.717) is 0 Å². The number of hydrogen-bond donors (Lipinski definition) is 1. The van der Waals surface area contributed by atoms with Crippen molar-refractivity contribution in [3.05, 3.63) is 105 Å². The Labute approximate surface area is 160 Å². The van der Waals surface area contributed by atoms with Crippen LogP contribution in [0.4, 0.5) is 0 Å². The Morgan fingerprint density at radius 3 is 2.48 bits per heavy atom. The first kappa shape index (κ1) is 16.0. The maximum Gasteiger partial charge on any atom is 0.145 e. The lowest BCUT2D eigenvalue weighted by Crippen LogP contribution is -2.25. The Bertz CT molecular complexity index is 934. The van der Waals surface area contributed by atoms with Crippen LogP contribution in [0.5, 0.6) is 0 Å². The van der Waals surface area contributed by atoms with E-state index in [4.69, 9.17) is 4.99 Å². The van der Waals surface area contributed by atoms with Crippen LogP contribution >= 0.6 is 22.6 Å². The molecule has 1 aromatic heterocycles. The number of halogens is 1. The van der Waals surface area contributed by atoms with E-state index in [1.165, 1.54) is 3.57 Å². The Balaban J connectivity index is 1.80. The lowest BCUT2D eigenvalue weighted by molar-refractivity contribution is 0.662. The summed E-state index contributed by atoms with van der Waals surface area (Å²) in [6, 6.07) is 24.6. The third kappa shape index (κ3) is 3.64. The number of pyridine rings is 1. The summed E-state index contributed by atoms with van der Waals surface area (Å²) in [5.74, 6) is 0. The molecular weight excluding hydrogens is 421 g/mol. The van der Waals surface area contributed by atoms with E-state index in [2.05, 4.69) is 75.4 Å². The van der Waals surface area contributed by atoms with Gasteiger partial charge in [0, 0.05) is 15.3 Å². The van der Waals surface area contributed by atoms with Gasteiger partial charge in [0.2, 0.25) is 0 Å². The lowest BCUT2D eigenvalue weighted by Gasteiger charge is -2.24. The number of hydrogen-bond acceptors (Lipinski definition) is 3. The maximum atomic E-state index is 4.94. The molecule has 0 saturated heterocycles. The summed E-state index contributed by atoms with van der Waals surface area (Å²) < 4.78 is 1.19. The van der Waals surface area contributed by atoms with Crippen LogP contribution in [-0.2, 0) is 0 Å². The fourth-order valence-electron chi connectivity index (χ4n) is 2.80. The molecule has 3 nitrogen and oxygen atoms in total. The van der Waals surface area contributed by atoms with Crippen LogP contribution in [-0.4, -0.2) is 10.7 Å². The number of allylic oxidation sites excluding steroid dienone is 1. The summed E-state index contributed by atoms with van der Waals surface area (Å²) >= 11 is 2.33. The molecule has 2 aromatic carbocycles. The van der Waals surface area contributed by atoms with Gasteiger partial charge in [-0.1, -0.05) is 48.5 Å². The van der Waals surface area contributed by atoms with Crippen LogP contribution in [0.1, 0.15) is 23.0 Å². The molecule has 0 spiro atoms. The number of rotatable bonds is 3. The largest absolute Gasteiger partial charge is 0.358 e. The molecule has 1 aliphatic rings. The molecular formula is C21H16IN3. The van der Waals surface area contributed by atoms with E-state index in [9.17, 15) is 0 Å². The fourth-order valence-corrected chi connectivity index (χ4v) is 3.35. The average Bonchev–Trinajstić information content (AvgIpc) is 2.69. The van der Waals surface area contributed by atoms with E-state index in [-0.39, 0.29) is 6.17 Å². The Morgan fingerprint density at radius 1 is 0.880 bits per heavy atom. The molecule has 0 radical (unpaired) electrons. The first-order chi connectivity index (χ1) is 12.3. The molecule has 1 N–H and O–H groups in total. The molecule has 122 valence electrons. The Kier molecular flexibility index (Phi) is 4.61. The highest BCUT2D eigenvalue weighted by Gasteiger charge is 2.19. The maximum absolute atomic E-state index is 4.94. The smallest absolute Gasteiger partial charge is 0.145 e. The molecule has 4 rings (SSSR count). The Morgan fingerprint density at radius 2 is 1.72 bits per heavy atom. The van der Waals surface area contributed by atoms with Crippen molar-refractivity contribution in [1.29, 1.82) is 0 Å². The van der Waals surface area contributed by atoms with Gasteiger partial charge in [0.25, 0.3) is 0 Å². The summed E-state index contributed by atoms with van der Waals surface area (Å²) in [6.07, 6.45) is 3.76. The van der Waals surface area contributed by atoms with Crippen LogP contribution in [0.15, 0.2) is 90.1 Å². The van der Waals surface area contributed by atoms with Gasteiger partial charge >= 0.3 is 0 Å². The zero-order chi connectivity index (χ0) is 17.1. The quantitative estimate of drug-likeness (QED) is 0.597. The average molecular weight is 437 g/mol. The molecule has 0 fully saturated rings. The molecule has 1 aliphatic heterocycles. The Hall–Kier alpha value is -2.47. The van der Waals surface area contributed by atoms with Gasteiger partial charge in [0.15, 0.2) is 0 Å². The van der Waals surface area contributed by atoms with Gasteiger partial charge in [-0.25, -0.2) is 0 Å². The van der Waals surface area contributed by atoms with Crippen molar-refractivity contribution in [1.82, 2.24) is 10.3 Å². The number of benzene rings is 2. The zero-order valence-electron chi connectivity index (χ0n) is 13.4. The summed E-state index contributed by atoms with van der Waals surface area (Å²) in [5, 5.41) is 3.51. The minimum Gasteiger partial charge on any atom is -0.358 e. The normalized spacial score (nSPS) is 16.6. The zero-order valence-corrected chi connectivity index (χ0v) is 15.6. The van der Waals surface area contributed by atoms with Gasteiger partial charge in [0.05, 0.1) is 17.1 Å². The van der Waals surface area contributed by atoms with Gasteiger partial charge in [-0.05, 0) is 58.5 Å². The second kappa shape index (κ2) is 7.19. The van der Waals surface area contributed by atoms with Crippen molar-refractivity contribution < 1.29 is 0 Å². The van der Waals surface area contributed by atoms with E-state index in [0.717, 1.165) is 28.2 Å². The van der Waals surface area contributed by atoms with Gasteiger partial charge in [-0.15, -0.1) is 0 Å².